The number of hydrogen-bond donors (Lipinski definition) is 2. The third-order valence-corrected chi connectivity index (χ3v) is 5.31. The molecule has 0 aromatic carbocycles. The summed E-state index contributed by atoms with van der Waals surface area (Å²) in [6.45, 7) is 4.69. The van der Waals surface area contributed by atoms with Crippen molar-refractivity contribution in [2.75, 3.05) is 7.05 Å². The lowest BCUT2D eigenvalue weighted by Crippen LogP contribution is -2.33. The van der Waals surface area contributed by atoms with E-state index in [1.165, 1.54) is 0 Å². The lowest BCUT2D eigenvalue weighted by atomic mass is 10.2. The van der Waals surface area contributed by atoms with Gasteiger partial charge >= 0.3 is 0 Å². The zero-order valence-electron chi connectivity index (χ0n) is 12.5. The molecule has 1 aliphatic carbocycles. The maximum atomic E-state index is 12.4. The highest BCUT2D eigenvalue weighted by molar-refractivity contribution is 7.89. The summed E-state index contributed by atoms with van der Waals surface area (Å²) in [5.41, 5.74) is 1.04. The van der Waals surface area contributed by atoms with E-state index in [1.54, 1.807) is 12.3 Å². The van der Waals surface area contributed by atoms with Gasteiger partial charge in [0, 0.05) is 30.5 Å². The molecular formula is C14H25N3O2S. The second kappa shape index (κ2) is 6.28. The molecule has 2 N–H and O–H groups in total. The predicted molar refractivity (Wildman–Crippen MR) is 80.2 cm³/mol. The Morgan fingerprint density at radius 3 is 2.50 bits per heavy atom. The summed E-state index contributed by atoms with van der Waals surface area (Å²) in [5, 5.41) is 3.10. The van der Waals surface area contributed by atoms with E-state index in [0.29, 0.717) is 17.5 Å². The smallest absolute Gasteiger partial charge is 0.242 e. The van der Waals surface area contributed by atoms with Crippen LogP contribution in [-0.4, -0.2) is 26.1 Å². The lowest BCUT2D eigenvalue weighted by Gasteiger charge is -2.13. The first-order valence-electron chi connectivity index (χ1n) is 7.39. The predicted octanol–water partition coefficient (Wildman–Crippen LogP) is 2.01. The maximum absolute atomic E-state index is 12.4. The third-order valence-electron chi connectivity index (χ3n) is 3.82. The van der Waals surface area contributed by atoms with Gasteiger partial charge in [-0.25, -0.2) is 13.1 Å². The highest BCUT2D eigenvalue weighted by atomic mass is 32.2. The van der Waals surface area contributed by atoms with Crippen molar-refractivity contribution >= 4 is 10.0 Å². The summed E-state index contributed by atoms with van der Waals surface area (Å²) in [5.74, 6) is 0. The first-order chi connectivity index (χ1) is 9.51. The summed E-state index contributed by atoms with van der Waals surface area (Å²) in [6, 6.07) is 2.28. The molecule has 114 valence electrons. The minimum atomic E-state index is -3.41. The van der Waals surface area contributed by atoms with Crippen LogP contribution >= 0.6 is 0 Å². The Balaban J connectivity index is 2.24. The third kappa shape index (κ3) is 3.42. The molecule has 0 atom stereocenters. The van der Waals surface area contributed by atoms with Gasteiger partial charge in [-0.1, -0.05) is 13.8 Å². The molecule has 0 aliphatic heterocycles. The second-order valence-corrected chi connectivity index (χ2v) is 7.18. The molecule has 1 aliphatic rings. The molecule has 0 saturated heterocycles. The Hall–Kier alpha value is -0.850. The fraction of sp³-hybridized carbons (Fsp3) is 0.714. The van der Waals surface area contributed by atoms with Crippen molar-refractivity contribution in [3.8, 4) is 0 Å². The van der Waals surface area contributed by atoms with Crippen LogP contribution in [0.1, 0.15) is 51.3 Å². The van der Waals surface area contributed by atoms with Gasteiger partial charge in [-0.2, -0.15) is 0 Å². The second-order valence-electron chi connectivity index (χ2n) is 5.47. The van der Waals surface area contributed by atoms with Gasteiger partial charge in [-0.05, 0) is 38.8 Å². The fourth-order valence-corrected chi connectivity index (χ4v) is 3.85. The molecule has 0 radical (unpaired) electrons. The molecule has 5 nitrogen and oxygen atoms in total. The van der Waals surface area contributed by atoms with Gasteiger partial charge in [0.2, 0.25) is 10.0 Å². The summed E-state index contributed by atoms with van der Waals surface area (Å²) in [4.78, 5) is 0.390. The molecule has 0 unspecified atom stereocenters. The van der Waals surface area contributed by atoms with Gasteiger partial charge in [0.25, 0.3) is 0 Å². The van der Waals surface area contributed by atoms with E-state index in [4.69, 9.17) is 0 Å². The van der Waals surface area contributed by atoms with Crippen LogP contribution in [0.25, 0.3) is 0 Å². The van der Waals surface area contributed by atoms with Crippen LogP contribution in [0.15, 0.2) is 17.2 Å². The van der Waals surface area contributed by atoms with Gasteiger partial charge in [-0.15, -0.1) is 0 Å². The maximum Gasteiger partial charge on any atom is 0.242 e. The van der Waals surface area contributed by atoms with E-state index >= 15 is 0 Å². The summed E-state index contributed by atoms with van der Waals surface area (Å²) >= 11 is 0. The highest BCUT2D eigenvalue weighted by Gasteiger charge is 2.28. The topological polar surface area (TPSA) is 63.1 Å². The van der Waals surface area contributed by atoms with Crippen molar-refractivity contribution in [3.05, 3.63) is 18.0 Å². The average molecular weight is 299 g/mol. The van der Waals surface area contributed by atoms with Crippen LogP contribution in [0.3, 0.4) is 0 Å². The van der Waals surface area contributed by atoms with Crippen molar-refractivity contribution in [1.82, 2.24) is 14.6 Å². The van der Waals surface area contributed by atoms with E-state index in [2.05, 4.69) is 14.6 Å². The Morgan fingerprint density at radius 2 is 2.00 bits per heavy atom. The van der Waals surface area contributed by atoms with Crippen LogP contribution in [0, 0.1) is 0 Å². The number of sulfonamides is 1. The molecule has 6 heteroatoms. The molecule has 1 aromatic rings. The molecule has 1 heterocycles. The Kier molecular flexibility index (Phi) is 4.88. The summed E-state index contributed by atoms with van der Waals surface area (Å²) in [7, 11) is -1.53. The first-order valence-corrected chi connectivity index (χ1v) is 8.87. The van der Waals surface area contributed by atoms with E-state index in [-0.39, 0.29) is 6.04 Å². The molecule has 0 amide bonds. The zero-order valence-corrected chi connectivity index (χ0v) is 13.3. The molecule has 2 rings (SSSR count). The lowest BCUT2D eigenvalue weighted by molar-refractivity contribution is 0.530. The number of rotatable bonds is 8. The summed E-state index contributed by atoms with van der Waals surface area (Å²) in [6.07, 6.45) is 5.69. The summed E-state index contributed by atoms with van der Waals surface area (Å²) < 4.78 is 29.8. The van der Waals surface area contributed by atoms with Crippen molar-refractivity contribution in [2.24, 2.45) is 0 Å². The van der Waals surface area contributed by atoms with Crippen LogP contribution in [0.2, 0.25) is 0 Å². The minimum absolute atomic E-state index is 0.0111. The molecular weight excluding hydrogens is 274 g/mol. The molecule has 1 aromatic heterocycles. The molecule has 1 saturated carbocycles. The average Bonchev–Trinajstić information content (AvgIpc) is 3.17. The van der Waals surface area contributed by atoms with Crippen LogP contribution in [0.4, 0.5) is 0 Å². The molecule has 1 fully saturated rings. The fourth-order valence-electron chi connectivity index (χ4n) is 2.40. The Morgan fingerprint density at radius 1 is 1.35 bits per heavy atom. The zero-order chi connectivity index (χ0) is 14.8. The van der Waals surface area contributed by atoms with Gasteiger partial charge in [0.05, 0.1) is 4.90 Å². The van der Waals surface area contributed by atoms with E-state index < -0.39 is 10.0 Å². The number of hydrogen-bond acceptors (Lipinski definition) is 3. The molecule has 0 spiro atoms. The monoisotopic (exact) mass is 299 g/mol. The molecule has 20 heavy (non-hydrogen) atoms. The minimum Gasteiger partial charge on any atom is -0.346 e. The Bertz CT molecular complexity index is 543. The van der Waals surface area contributed by atoms with Gasteiger partial charge in [0.1, 0.15) is 0 Å². The number of aromatic nitrogens is 1. The van der Waals surface area contributed by atoms with Crippen molar-refractivity contribution in [1.29, 1.82) is 0 Å². The number of nitrogens with one attached hydrogen (secondary N) is 2. The van der Waals surface area contributed by atoms with E-state index in [9.17, 15) is 8.42 Å². The molecule has 0 bridgehead atoms. The quantitative estimate of drug-likeness (QED) is 0.772. The largest absolute Gasteiger partial charge is 0.346 e. The van der Waals surface area contributed by atoms with Gasteiger partial charge in [0.15, 0.2) is 0 Å². The SMILES string of the molecule is CCC(CC)NS(=O)(=O)c1cc(CNC)n(C2CC2)c1. The van der Waals surface area contributed by atoms with Crippen molar-refractivity contribution in [3.63, 3.8) is 0 Å². The Labute approximate surface area is 121 Å². The first kappa shape index (κ1) is 15.5. The standard InChI is InChI=1S/C14H25N3O2S/c1-4-11(5-2)16-20(18,19)14-8-13(9-15-3)17(10-14)12-6-7-12/h8,10-12,15-16H,4-7,9H2,1-3H3. The van der Waals surface area contributed by atoms with E-state index in [1.807, 2.05) is 20.9 Å². The van der Waals surface area contributed by atoms with Crippen LogP contribution in [0.5, 0.6) is 0 Å². The van der Waals surface area contributed by atoms with Crippen LogP contribution < -0.4 is 10.0 Å². The highest BCUT2D eigenvalue weighted by Crippen LogP contribution is 2.37. The van der Waals surface area contributed by atoms with Gasteiger partial charge < -0.3 is 9.88 Å². The van der Waals surface area contributed by atoms with Crippen LogP contribution in [-0.2, 0) is 16.6 Å². The number of nitrogens with zero attached hydrogens (tertiary/aromatic N) is 1. The van der Waals surface area contributed by atoms with Gasteiger partial charge in [-0.3, -0.25) is 0 Å². The van der Waals surface area contributed by atoms with E-state index in [0.717, 1.165) is 31.4 Å². The van der Waals surface area contributed by atoms with Crippen molar-refractivity contribution in [2.45, 2.75) is 63.1 Å². The van der Waals surface area contributed by atoms with Crippen molar-refractivity contribution < 1.29 is 8.42 Å². The normalized spacial score (nSPS) is 16.0.